The van der Waals surface area contributed by atoms with Gasteiger partial charge in [0.25, 0.3) is 0 Å². The van der Waals surface area contributed by atoms with Crippen molar-refractivity contribution in [1.29, 1.82) is 0 Å². The number of H-pyrrole nitrogens is 1. The van der Waals surface area contributed by atoms with Gasteiger partial charge in [0.2, 0.25) is 5.88 Å². The van der Waals surface area contributed by atoms with Crippen LogP contribution in [0.1, 0.15) is 36.9 Å². The van der Waals surface area contributed by atoms with Gasteiger partial charge in [-0.25, -0.2) is 4.98 Å². The van der Waals surface area contributed by atoms with E-state index in [9.17, 15) is 0 Å². The van der Waals surface area contributed by atoms with Crippen molar-refractivity contribution in [1.82, 2.24) is 9.97 Å². The number of aromatic nitrogens is 2. The first-order valence-electron chi connectivity index (χ1n) is 6.82. The SMILES string of the molecule is Cc1[nH]c2c(OCC3CCCC3)nccc2c1C.Cl. The maximum absolute atomic E-state index is 5.93. The van der Waals surface area contributed by atoms with E-state index in [-0.39, 0.29) is 12.4 Å². The van der Waals surface area contributed by atoms with Gasteiger partial charge in [0, 0.05) is 17.3 Å². The molecule has 0 saturated heterocycles. The zero-order valence-electron chi connectivity index (χ0n) is 11.5. The van der Waals surface area contributed by atoms with Gasteiger partial charge in [-0.1, -0.05) is 12.8 Å². The monoisotopic (exact) mass is 280 g/mol. The largest absolute Gasteiger partial charge is 0.476 e. The number of nitrogens with one attached hydrogen (secondary N) is 1. The maximum atomic E-state index is 5.93. The van der Waals surface area contributed by atoms with Gasteiger partial charge in [0.15, 0.2) is 0 Å². The summed E-state index contributed by atoms with van der Waals surface area (Å²) in [6.45, 7) is 5.04. The molecular formula is C15H21ClN2O. The van der Waals surface area contributed by atoms with Crippen LogP contribution in [0.25, 0.3) is 10.9 Å². The lowest BCUT2D eigenvalue weighted by Gasteiger charge is -2.10. The highest BCUT2D eigenvalue weighted by Gasteiger charge is 2.17. The molecule has 0 amide bonds. The fraction of sp³-hybridized carbons (Fsp3) is 0.533. The highest BCUT2D eigenvalue weighted by atomic mass is 35.5. The van der Waals surface area contributed by atoms with Crippen LogP contribution in [0, 0.1) is 19.8 Å². The molecule has 0 spiro atoms. The number of pyridine rings is 1. The lowest BCUT2D eigenvalue weighted by molar-refractivity contribution is 0.246. The minimum absolute atomic E-state index is 0. The number of hydrogen-bond acceptors (Lipinski definition) is 2. The normalized spacial score (nSPS) is 15.7. The van der Waals surface area contributed by atoms with Gasteiger partial charge in [-0.2, -0.15) is 0 Å². The third-order valence-corrected chi connectivity index (χ3v) is 4.13. The van der Waals surface area contributed by atoms with Crippen LogP contribution in [-0.2, 0) is 0 Å². The first-order valence-corrected chi connectivity index (χ1v) is 6.82. The topological polar surface area (TPSA) is 37.9 Å². The van der Waals surface area contributed by atoms with Gasteiger partial charge in [0.05, 0.1) is 6.61 Å². The van der Waals surface area contributed by atoms with Crippen LogP contribution in [0.5, 0.6) is 5.88 Å². The Kier molecular flexibility index (Phi) is 4.35. The zero-order valence-corrected chi connectivity index (χ0v) is 12.3. The van der Waals surface area contributed by atoms with E-state index in [1.54, 1.807) is 0 Å². The van der Waals surface area contributed by atoms with Crippen molar-refractivity contribution < 1.29 is 4.74 Å². The molecular weight excluding hydrogens is 260 g/mol. The number of aromatic amines is 1. The van der Waals surface area contributed by atoms with Gasteiger partial charge >= 0.3 is 0 Å². The molecule has 1 aliphatic carbocycles. The van der Waals surface area contributed by atoms with E-state index in [1.165, 1.54) is 42.3 Å². The molecule has 0 aliphatic heterocycles. The summed E-state index contributed by atoms with van der Waals surface area (Å²) in [4.78, 5) is 7.75. The molecule has 1 aliphatic rings. The Hall–Kier alpha value is -1.22. The molecule has 104 valence electrons. The molecule has 2 aromatic heterocycles. The molecule has 0 atom stereocenters. The summed E-state index contributed by atoms with van der Waals surface area (Å²) in [5, 5.41) is 1.23. The van der Waals surface area contributed by atoms with Crippen LogP contribution in [0.15, 0.2) is 12.3 Å². The molecule has 2 heterocycles. The number of aryl methyl sites for hydroxylation is 2. The number of fused-ring (bicyclic) bond motifs is 1. The third kappa shape index (κ3) is 2.71. The van der Waals surface area contributed by atoms with E-state index in [0.29, 0.717) is 0 Å². The standard InChI is InChI=1S/C15H20N2O.ClH/c1-10-11(2)17-14-13(10)7-8-16-15(14)18-9-12-5-3-4-6-12;/h7-8,12,17H,3-6,9H2,1-2H3;1H. The summed E-state index contributed by atoms with van der Waals surface area (Å²) in [7, 11) is 0. The summed E-state index contributed by atoms with van der Waals surface area (Å²) in [6, 6.07) is 2.05. The minimum Gasteiger partial charge on any atom is -0.476 e. The van der Waals surface area contributed by atoms with E-state index in [2.05, 4.69) is 29.9 Å². The Bertz CT molecular complexity index is 559. The van der Waals surface area contributed by atoms with E-state index in [4.69, 9.17) is 4.74 Å². The van der Waals surface area contributed by atoms with Crippen LogP contribution in [0.4, 0.5) is 0 Å². The van der Waals surface area contributed by atoms with Crippen LogP contribution in [-0.4, -0.2) is 16.6 Å². The first kappa shape index (κ1) is 14.2. The van der Waals surface area contributed by atoms with Crippen molar-refractivity contribution in [3.8, 4) is 5.88 Å². The van der Waals surface area contributed by atoms with Gasteiger partial charge in [-0.05, 0) is 44.2 Å². The highest BCUT2D eigenvalue weighted by molar-refractivity contribution is 5.87. The Morgan fingerprint density at radius 3 is 2.79 bits per heavy atom. The molecule has 3 nitrogen and oxygen atoms in total. The molecule has 0 unspecified atom stereocenters. The first-order chi connectivity index (χ1) is 8.75. The fourth-order valence-electron chi connectivity index (χ4n) is 2.84. The quantitative estimate of drug-likeness (QED) is 0.916. The van der Waals surface area contributed by atoms with Gasteiger partial charge < -0.3 is 9.72 Å². The molecule has 1 fully saturated rings. The zero-order chi connectivity index (χ0) is 12.5. The summed E-state index contributed by atoms with van der Waals surface area (Å²) in [5.41, 5.74) is 3.53. The summed E-state index contributed by atoms with van der Waals surface area (Å²) >= 11 is 0. The van der Waals surface area contributed by atoms with Crippen molar-refractivity contribution in [3.05, 3.63) is 23.5 Å². The van der Waals surface area contributed by atoms with E-state index in [1.807, 2.05) is 6.20 Å². The summed E-state index contributed by atoms with van der Waals surface area (Å²) < 4.78 is 5.93. The van der Waals surface area contributed by atoms with Crippen molar-refractivity contribution >= 4 is 23.3 Å². The van der Waals surface area contributed by atoms with Crippen LogP contribution in [0.3, 0.4) is 0 Å². The smallest absolute Gasteiger partial charge is 0.238 e. The third-order valence-electron chi connectivity index (χ3n) is 4.13. The lowest BCUT2D eigenvalue weighted by atomic mass is 10.1. The predicted octanol–water partition coefficient (Wildman–Crippen LogP) is 4.17. The van der Waals surface area contributed by atoms with E-state index in [0.717, 1.165) is 23.9 Å². The fourth-order valence-corrected chi connectivity index (χ4v) is 2.84. The minimum atomic E-state index is 0. The number of nitrogens with zero attached hydrogens (tertiary/aromatic N) is 1. The van der Waals surface area contributed by atoms with Gasteiger partial charge in [0.1, 0.15) is 5.52 Å². The second-order valence-corrected chi connectivity index (χ2v) is 5.38. The maximum Gasteiger partial charge on any atom is 0.238 e. The van der Waals surface area contributed by atoms with E-state index >= 15 is 0 Å². The Morgan fingerprint density at radius 2 is 2.05 bits per heavy atom. The number of rotatable bonds is 3. The molecule has 0 aromatic carbocycles. The molecule has 0 radical (unpaired) electrons. The van der Waals surface area contributed by atoms with Crippen molar-refractivity contribution in [2.75, 3.05) is 6.61 Å². The van der Waals surface area contributed by atoms with E-state index < -0.39 is 0 Å². The molecule has 2 aromatic rings. The Morgan fingerprint density at radius 1 is 1.32 bits per heavy atom. The van der Waals surface area contributed by atoms with Crippen molar-refractivity contribution in [2.45, 2.75) is 39.5 Å². The second kappa shape index (κ2) is 5.83. The van der Waals surface area contributed by atoms with Gasteiger partial charge in [-0.15, -0.1) is 12.4 Å². The molecule has 1 saturated carbocycles. The summed E-state index contributed by atoms with van der Waals surface area (Å²) in [5.74, 6) is 1.48. The Balaban J connectivity index is 0.00000133. The Labute approximate surface area is 120 Å². The highest BCUT2D eigenvalue weighted by Crippen LogP contribution is 2.29. The molecule has 4 heteroatoms. The average Bonchev–Trinajstić information content (AvgIpc) is 2.98. The second-order valence-electron chi connectivity index (χ2n) is 5.38. The van der Waals surface area contributed by atoms with Crippen molar-refractivity contribution in [3.63, 3.8) is 0 Å². The number of hydrogen-bond donors (Lipinski definition) is 1. The van der Waals surface area contributed by atoms with Crippen LogP contribution < -0.4 is 4.74 Å². The number of ether oxygens (including phenoxy) is 1. The molecule has 3 rings (SSSR count). The molecule has 1 N–H and O–H groups in total. The molecule has 0 bridgehead atoms. The average molecular weight is 281 g/mol. The summed E-state index contributed by atoms with van der Waals surface area (Å²) in [6.07, 6.45) is 7.16. The number of halogens is 1. The predicted molar refractivity (Wildman–Crippen MR) is 80.3 cm³/mol. The lowest BCUT2D eigenvalue weighted by Crippen LogP contribution is -2.09. The van der Waals surface area contributed by atoms with Crippen LogP contribution >= 0.6 is 12.4 Å². The van der Waals surface area contributed by atoms with Crippen molar-refractivity contribution in [2.24, 2.45) is 5.92 Å². The van der Waals surface area contributed by atoms with Crippen LogP contribution in [0.2, 0.25) is 0 Å². The molecule has 19 heavy (non-hydrogen) atoms. The van der Waals surface area contributed by atoms with Gasteiger partial charge in [-0.3, -0.25) is 0 Å².